The number of hydrogen-bond donors (Lipinski definition) is 0. The van der Waals surface area contributed by atoms with E-state index < -0.39 is 0 Å². The second-order valence-electron chi connectivity index (χ2n) is 3.86. The molecule has 3 aromatic rings. The number of halogens is 1. The SMILES string of the molecule is Brc1ccccc1-c1ccnc2ccccc12. The van der Waals surface area contributed by atoms with Crippen LogP contribution in [0.3, 0.4) is 0 Å². The highest BCUT2D eigenvalue weighted by molar-refractivity contribution is 9.10. The smallest absolute Gasteiger partial charge is 0.0708 e. The van der Waals surface area contributed by atoms with Crippen molar-refractivity contribution < 1.29 is 0 Å². The zero-order valence-corrected chi connectivity index (χ0v) is 10.7. The number of nitrogens with zero attached hydrogens (tertiary/aromatic N) is 1. The van der Waals surface area contributed by atoms with Crippen LogP contribution in [-0.2, 0) is 0 Å². The molecule has 82 valence electrons. The Balaban J connectivity index is 2.35. The maximum Gasteiger partial charge on any atom is 0.0708 e. The van der Waals surface area contributed by atoms with Crippen molar-refractivity contribution in [2.75, 3.05) is 0 Å². The Morgan fingerprint density at radius 2 is 1.53 bits per heavy atom. The van der Waals surface area contributed by atoms with Crippen LogP contribution >= 0.6 is 15.9 Å². The molecule has 0 aliphatic heterocycles. The van der Waals surface area contributed by atoms with Gasteiger partial charge >= 0.3 is 0 Å². The summed E-state index contributed by atoms with van der Waals surface area (Å²) in [6.45, 7) is 0. The van der Waals surface area contributed by atoms with E-state index in [-0.39, 0.29) is 0 Å². The van der Waals surface area contributed by atoms with Gasteiger partial charge in [-0.05, 0) is 29.3 Å². The Morgan fingerprint density at radius 3 is 2.41 bits per heavy atom. The molecule has 0 saturated carbocycles. The van der Waals surface area contributed by atoms with Crippen molar-refractivity contribution in [3.8, 4) is 11.1 Å². The summed E-state index contributed by atoms with van der Waals surface area (Å²) in [7, 11) is 0. The lowest BCUT2D eigenvalue weighted by Crippen LogP contribution is -1.84. The van der Waals surface area contributed by atoms with Crippen LogP contribution < -0.4 is 0 Å². The average Bonchev–Trinajstić information content (AvgIpc) is 2.39. The molecule has 2 heteroatoms. The number of pyridine rings is 1. The highest BCUT2D eigenvalue weighted by atomic mass is 79.9. The van der Waals surface area contributed by atoms with Crippen LogP contribution in [0.1, 0.15) is 0 Å². The van der Waals surface area contributed by atoms with Gasteiger partial charge in [-0.3, -0.25) is 4.98 Å². The number of benzene rings is 2. The summed E-state index contributed by atoms with van der Waals surface area (Å²) in [6.07, 6.45) is 1.86. The van der Waals surface area contributed by atoms with Gasteiger partial charge in [0.25, 0.3) is 0 Å². The molecule has 0 saturated heterocycles. The first-order chi connectivity index (χ1) is 8.36. The molecule has 0 N–H and O–H groups in total. The Hall–Kier alpha value is -1.67. The van der Waals surface area contributed by atoms with Crippen molar-refractivity contribution in [2.24, 2.45) is 0 Å². The topological polar surface area (TPSA) is 12.9 Å². The lowest BCUT2D eigenvalue weighted by atomic mass is 10.0. The van der Waals surface area contributed by atoms with E-state index in [1.807, 2.05) is 30.5 Å². The lowest BCUT2D eigenvalue weighted by molar-refractivity contribution is 1.41. The van der Waals surface area contributed by atoms with E-state index in [9.17, 15) is 0 Å². The first-order valence-electron chi connectivity index (χ1n) is 5.45. The van der Waals surface area contributed by atoms with E-state index in [2.05, 4.69) is 51.2 Å². The van der Waals surface area contributed by atoms with E-state index in [0.717, 1.165) is 9.99 Å². The Bertz CT molecular complexity index is 671. The molecular weight excluding hydrogens is 274 g/mol. The Labute approximate surface area is 108 Å². The standard InChI is InChI=1S/C15H10BrN/c16-14-7-3-1-5-12(14)11-9-10-17-15-8-4-2-6-13(11)15/h1-10H. The minimum Gasteiger partial charge on any atom is -0.256 e. The van der Waals surface area contributed by atoms with Crippen molar-refractivity contribution >= 4 is 26.8 Å². The van der Waals surface area contributed by atoms with Gasteiger partial charge < -0.3 is 0 Å². The largest absolute Gasteiger partial charge is 0.256 e. The zero-order valence-electron chi connectivity index (χ0n) is 9.10. The van der Waals surface area contributed by atoms with Crippen LogP contribution in [0.4, 0.5) is 0 Å². The summed E-state index contributed by atoms with van der Waals surface area (Å²) in [6, 6.07) is 18.5. The second kappa shape index (κ2) is 4.30. The van der Waals surface area contributed by atoms with Crippen molar-refractivity contribution in [3.63, 3.8) is 0 Å². The minimum absolute atomic E-state index is 1.03. The summed E-state index contributed by atoms with van der Waals surface area (Å²) in [5.41, 5.74) is 3.44. The van der Waals surface area contributed by atoms with Gasteiger partial charge in [-0.25, -0.2) is 0 Å². The van der Waals surface area contributed by atoms with E-state index >= 15 is 0 Å². The van der Waals surface area contributed by atoms with Crippen LogP contribution in [0.2, 0.25) is 0 Å². The molecule has 0 unspecified atom stereocenters. The summed E-state index contributed by atoms with van der Waals surface area (Å²) >= 11 is 3.60. The molecule has 0 aliphatic rings. The first-order valence-corrected chi connectivity index (χ1v) is 6.24. The van der Waals surface area contributed by atoms with Crippen LogP contribution in [-0.4, -0.2) is 4.98 Å². The summed E-state index contributed by atoms with van der Waals surface area (Å²) in [4.78, 5) is 4.38. The molecule has 1 aromatic heterocycles. The van der Waals surface area contributed by atoms with Gasteiger partial charge in [0.05, 0.1) is 5.52 Å². The summed E-state index contributed by atoms with van der Waals surface area (Å²) in [5.74, 6) is 0. The number of aromatic nitrogens is 1. The molecule has 0 bridgehead atoms. The van der Waals surface area contributed by atoms with Gasteiger partial charge in [0.15, 0.2) is 0 Å². The predicted octanol–water partition coefficient (Wildman–Crippen LogP) is 4.66. The molecule has 1 heterocycles. The van der Waals surface area contributed by atoms with E-state index in [1.54, 1.807) is 0 Å². The fourth-order valence-corrected chi connectivity index (χ4v) is 2.51. The molecule has 3 rings (SSSR count). The molecule has 1 nitrogen and oxygen atoms in total. The molecule has 0 atom stereocenters. The third-order valence-corrected chi connectivity index (χ3v) is 3.50. The van der Waals surface area contributed by atoms with Gasteiger partial charge in [0.2, 0.25) is 0 Å². The molecule has 0 fully saturated rings. The van der Waals surface area contributed by atoms with Gasteiger partial charge in [-0.15, -0.1) is 0 Å². The number of hydrogen-bond acceptors (Lipinski definition) is 1. The Morgan fingerprint density at radius 1 is 0.765 bits per heavy atom. The van der Waals surface area contributed by atoms with Crippen LogP contribution in [0.5, 0.6) is 0 Å². The maximum atomic E-state index is 4.38. The first kappa shape index (κ1) is 10.5. The van der Waals surface area contributed by atoms with Crippen molar-refractivity contribution in [1.29, 1.82) is 0 Å². The van der Waals surface area contributed by atoms with E-state index in [4.69, 9.17) is 0 Å². The van der Waals surface area contributed by atoms with Crippen molar-refractivity contribution in [2.45, 2.75) is 0 Å². The molecule has 0 spiro atoms. The monoisotopic (exact) mass is 283 g/mol. The molecule has 2 aromatic carbocycles. The molecule has 0 amide bonds. The molecule has 0 radical (unpaired) electrons. The van der Waals surface area contributed by atoms with Crippen LogP contribution in [0.25, 0.3) is 22.0 Å². The maximum absolute atomic E-state index is 4.38. The van der Waals surface area contributed by atoms with E-state index in [1.165, 1.54) is 16.5 Å². The fraction of sp³-hybridized carbons (Fsp3) is 0. The Kier molecular flexibility index (Phi) is 2.65. The molecule has 0 aliphatic carbocycles. The van der Waals surface area contributed by atoms with Gasteiger partial charge in [-0.1, -0.05) is 52.3 Å². The lowest BCUT2D eigenvalue weighted by Gasteiger charge is -2.07. The van der Waals surface area contributed by atoms with Crippen LogP contribution in [0.15, 0.2) is 65.3 Å². The highest BCUT2D eigenvalue weighted by Gasteiger charge is 2.06. The van der Waals surface area contributed by atoms with Gasteiger partial charge in [0, 0.05) is 16.1 Å². The normalized spacial score (nSPS) is 10.6. The number of fused-ring (bicyclic) bond motifs is 1. The summed E-state index contributed by atoms with van der Waals surface area (Å²) in [5, 5.41) is 1.18. The zero-order chi connectivity index (χ0) is 11.7. The highest BCUT2D eigenvalue weighted by Crippen LogP contribution is 2.32. The van der Waals surface area contributed by atoms with Gasteiger partial charge in [0.1, 0.15) is 0 Å². The molecular formula is C15H10BrN. The van der Waals surface area contributed by atoms with Crippen LogP contribution in [0, 0.1) is 0 Å². The fourth-order valence-electron chi connectivity index (χ4n) is 2.01. The third-order valence-electron chi connectivity index (χ3n) is 2.81. The quantitative estimate of drug-likeness (QED) is 0.633. The van der Waals surface area contributed by atoms with Crippen molar-refractivity contribution in [1.82, 2.24) is 4.98 Å². The summed E-state index contributed by atoms with van der Waals surface area (Å²) < 4.78 is 1.11. The van der Waals surface area contributed by atoms with E-state index in [0.29, 0.717) is 0 Å². The number of para-hydroxylation sites is 1. The third kappa shape index (κ3) is 1.85. The predicted molar refractivity (Wildman–Crippen MR) is 74.9 cm³/mol. The number of rotatable bonds is 1. The average molecular weight is 284 g/mol. The van der Waals surface area contributed by atoms with Crippen molar-refractivity contribution in [3.05, 3.63) is 65.3 Å². The molecule has 17 heavy (non-hydrogen) atoms. The van der Waals surface area contributed by atoms with Gasteiger partial charge in [-0.2, -0.15) is 0 Å². The second-order valence-corrected chi connectivity index (χ2v) is 4.71. The minimum atomic E-state index is 1.03.